The van der Waals surface area contributed by atoms with Crippen LogP contribution >= 0.6 is 0 Å². The highest BCUT2D eigenvalue weighted by Gasteiger charge is 2.42. The van der Waals surface area contributed by atoms with Crippen LogP contribution in [0.5, 0.6) is 0 Å². The summed E-state index contributed by atoms with van der Waals surface area (Å²) in [6.45, 7) is 0.820. The van der Waals surface area contributed by atoms with E-state index < -0.39 is 17.6 Å². The van der Waals surface area contributed by atoms with Crippen molar-refractivity contribution in [1.82, 2.24) is 10.2 Å². The molecule has 3 amide bonds. The highest BCUT2D eigenvalue weighted by Crippen LogP contribution is 2.38. The maximum atomic E-state index is 12.8. The van der Waals surface area contributed by atoms with Crippen molar-refractivity contribution in [3.8, 4) is 0 Å². The van der Waals surface area contributed by atoms with Crippen LogP contribution in [0.1, 0.15) is 47.2 Å². The average Bonchev–Trinajstić information content (AvgIpc) is 2.92. The predicted octanol–water partition coefficient (Wildman–Crippen LogP) is 0.500. The van der Waals surface area contributed by atoms with Crippen LogP contribution in [0, 0.1) is 0 Å². The number of amides is 3. The summed E-state index contributed by atoms with van der Waals surface area (Å²) in [6.07, 6.45) is 3.20. The van der Waals surface area contributed by atoms with E-state index in [1.54, 1.807) is 18.3 Å². The number of hydrogen-bond donors (Lipinski definition) is 2. The van der Waals surface area contributed by atoms with Crippen molar-refractivity contribution in [2.75, 3.05) is 6.54 Å². The Hall–Kier alpha value is -2.54. The molecule has 1 saturated heterocycles. The van der Waals surface area contributed by atoms with E-state index in [0.29, 0.717) is 31.4 Å². The Bertz CT molecular complexity index is 804. The summed E-state index contributed by atoms with van der Waals surface area (Å²) in [4.78, 5) is 42.0. The van der Waals surface area contributed by atoms with Gasteiger partial charge in [0.2, 0.25) is 11.8 Å². The number of carbonyl (C=O) groups is 3. The fourth-order valence-corrected chi connectivity index (χ4v) is 3.92. The van der Waals surface area contributed by atoms with E-state index in [0.717, 1.165) is 11.1 Å². The molecule has 3 aliphatic heterocycles. The molecule has 7 nitrogen and oxygen atoms in total. The van der Waals surface area contributed by atoms with E-state index in [1.165, 1.54) is 4.90 Å². The summed E-state index contributed by atoms with van der Waals surface area (Å²) < 4.78 is 0. The molecule has 7 heteroatoms. The van der Waals surface area contributed by atoms with Crippen LogP contribution in [0.25, 0.3) is 0 Å². The molecule has 1 aromatic carbocycles. The number of benzene rings is 1. The third kappa shape index (κ3) is 2.55. The van der Waals surface area contributed by atoms with Crippen LogP contribution < -0.4 is 5.32 Å². The Morgan fingerprint density at radius 2 is 2.12 bits per heavy atom. The first kappa shape index (κ1) is 16.0. The molecule has 2 N–H and O–H groups in total. The Morgan fingerprint density at radius 1 is 1.28 bits per heavy atom. The normalized spacial score (nSPS) is 28.9. The van der Waals surface area contributed by atoms with E-state index in [4.69, 9.17) is 0 Å². The Morgan fingerprint density at radius 3 is 2.84 bits per heavy atom. The first-order valence-corrected chi connectivity index (χ1v) is 8.47. The molecule has 1 fully saturated rings. The molecule has 0 spiro atoms. The number of rotatable bonds is 2. The van der Waals surface area contributed by atoms with Gasteiger partial charge in [-0.05, 0) is 23.6 Å². The fraction of sp³-hybridized carbons (Fsp3) is 0.444. The Balaban J connectivity index is 1.68. The van der Waals surface area contributed by atoms with Gasteiger partial charge in [-0.15, -0.1) is 0 Å². The van der Waals surface area contributed by atoms with E-state index in [9.17, 15) is 19.5 Å². The molecular weight excluding hydrogens is 322 g/mol. The van der Waals surface area contributed by atoms with E-state index >= 15 is 0 Å². The van der Waals surface area contributed by atoms with Gasteiger partial charge >= 0.3 is 0 Å². The number of nitrogens with one attached hydrogen (secondary N) is 1. The zero-order valence-electron chi connectivity index (χ0n) is 13.7. The van der Waals surface area contributed by atoms with Gasteiger partial charge in [0, 0.05) is 44.1 Å². The first-order valence-electron chi connectivity index (χ1n) is 8.47. The van der Waals surface area contributed by atoms with Gasteiger partial charge in [0.05, 0.1) is 5.60 Å². The van der Waals surface area contributed by atoms with Crippen molar-refractivity contribution in [3.05, 3.63) is 34.9 Å². The van der Waals surface area contributed by atoms with Crippen molar-refractivity contribution < 1.29 is 19.5 Å². The lowest BCUT2D eigenvalue weighted by molar-refractivity contribution is -0.136. The number of fused-ring (bicyclic) bond motifs is 1. The van der Waals surface area contributed by atoms with Crippen molar-refractivity contribution >= 4 is 23.9 Å². The van der Waals surface area contributed by atoms with Crippen LogP contribution in [-0.4, -0.2) is 46.5 Å². The van der Waals surface area contributed by atoms with Crippen molar-refractivity contribution in [2.24, 2.45) is 4.99 Å². The molecule has 2 unspecified atom stereocenters. The van der Waals surface area contributed by atoms with Crippen molar-refractivity contribution in [1.29, 1.82) is 0 Å². The average molecular weight is 341 g/mol. The zero-order chi connectivity index (χ0) is 17.6. The third-order valence-corrected chi connectivity index (χ3v) is 5.30. The lowest BCUT2D eigenvalue weighted by atomic mass is 9.82. The summed E-state index contributed by atoms with van der Waals surface area (Å²) in [5, 5.41) is 13.3. The molecule has 4 rings (SSSR count). The quantitative estimate of drug-likeness (QED) is 0.765. The molecule has 2 atom stereocenters. The lowest BCUT2D eigenvalue weighted by Gasteiger charge is -2.32. The van der Waals surface area contributed by atoms with Gasteiger partial charge in [-0.3, -0.25) is 24.7 Å². The second-order valence-electron chi connectivity index (χ2n) is 6.81. The van der Waals surface area contributed by atoms with Crippen LogP contribution in [0.4, 0.5) is 0 Å². The van der Waals surface area contributed by atoms with Gasteiger partial charge in [0.25, 0.3) is 5.91 Å². The number of carbonyl (C=O) groups excluding carboxylic acids is 3. The highest BCUT2D eigenvalue weighted by atomic mass is 16.3. The molecule has 0 aromatic heterocycles. The number of imide groups is 1. The summed E-state index contributed by atoms with van der Waals surface area (Å²) in [5.41, 5.74) is 1.00. The van der Waals surface area contributed by atoms with Gasteiger partial charge in [-0.2, -0.15) is 0 Å². The molecule has 0 saturated carbocycles. The minimum absolute atomic E-state index is 0.223. The van der Waals surface area contributed by atoms with Gasteiger partial charge < -0.3 is 10.0 Å². The van der Waals surface area contributed by atoms with Gasteiger partial charge in [-0.1, -0.05) is 12.1 Å². The van der Waals surface area contributed by atoms with Crippen molar-refractivity contribution in [2.45, 2.75) is 43.9 Å². The van der Waals surface area contributed by atoms with Gasteiger partial charge in [0.15, 0.2) is 0 Å². The monoisotopic (exact) mass is 341 g/mol. The number of nitrogens with zero attached hydrogens (tertiary/aromatic N) is 2. The van der Waals surface area contributed by atoms with Crippen LogP contribution in [-0.2, 0) is 21.7 Å². The Kier molecular flexibility index (Phi) is 3.68. The van der Waals surface area contributed by atoms with Gasteiger partial charge in [0.1, 0.15) is 6.04 Å². The second kappa shape index (κ2) is 5.77. The summed E-state index contributed by atoms with van der Waals surface area (Å²) >= 11 is 0. The number of aliphatic hydroxyl groups is 1. The fourth-order valence-electron chi connectivity index (χ4n) is 3.92. The van der Waals surface area contributed by atoms with E-state index in [2.05, 4.69) is 10.3 Å². The SMILES string of the molecule is O=C1CCC(N2Cc3c(cccc3C3(O)CC=NCC3)C2=O)C(=O)N1. The smallest absolute Gasteiger partial charge is 0.255 e. The first-order chi connectivity index (χ1) is 12.0. The molecule has 1 aromatic rings. The van der Waals surface area contributed by atoms with Gasteiger partial charge in [-0.25, -0.2) is 0 Å². The molecule has 130 valence electrons. The molecule has 0 aliphatic carbocycles. The van der Waals surface area contributed by atoms with Crippen LogP contribution in [0.15, 0.2) is 23.2 Å². The number of piperidine rings is 1. The van der Waals surface area contributed by atoms with E-state index in [1.807, 2.05) is 6.07 Å². The summed E-state index contributed by atoms with van der Waals surface area (Å²) in [7, 11) is 0. The number of hydrogen-bond acceptors (Lipinski definition) is 5. The van der Waals surface area contributed by atoms with E-state index in [-0.39, 0.29) is 24.8 Å². The summed E-state index contributed by atoms with van der Waals surface area (Å²) in [5.74, 6) is -0.955. The molecule has 25 heavy (non-hydrogen) atoms. The minimum Gasteiger partial charge on any atom is -0.385 e. The highest BCUT2D eigenvalue weighted by molar-refractivity contribution is 6.05. The minimum atomic E-state index is -1.03. The van der Waals surface area contributed by atoms with Crippen molar-refractivity contribution in [3.63, 3.8) is 0 Å². The summed E-state index contributed by atoms with van der Waals surface area (Å²) in [6, 6.07) is 4.70. The van der Waals surface area contributed by atoms with Crippen LogP contribution in [0.3, 0.4) is 0 Å². The molecule has 0 bridgehead atoms. The second-order valence-corrected chi connectivity index (χ2v) is 6.81. The largest absolute Gasteiger partial charge is 0.385 e. The molecule has 0 radical (unpaired) electrons. The maximum Gasteiger partial charge on any atom is 0.255 e. The maximum absolute atomic E-state index is 12.8. The Labute approximate surface area is 144 Å². The topological polar surface area (TPSA) is 99.1 Å². The third-order valence-electron chi connectivity index (χ3n) is 5.30. The van der Waals surface area contributed by atoms with Crippen LogP contribution in [0.2, 0.25) is 0 Å². The number of aliphatic imine (C=N–C) groups is 1. The standard InChI is InChI=1S/C18H19N3O4/c22-15-5-4-14(16(23)20-15)21-10-12-11(17(21)24)2-1-3-13(12)18(25)6-8-19-9-7-18/h1-3,8,14,25H,4-7,9-10H2,(H,20,22,23). The lowest BCUT2D eigenvalue weighted by Crippen LogP contribution is -2.52. The zero-order valence-corrected chi connectivity index (χ0v) is 13.7. The molecular formula is C18H19N3O4. The predicted molar refractivity (Wildman–Crippen MR) is 89.0 cm³/mol. The molecule has 3 aliphatic rings. The molecule has 3 heterocycles.